The maximum atomic E-state index is 14.1. The van der Waals surface area contributed by atoms with E-state index >= 15 is 0 Å². The van der Waals surface area contributed by atoms with Gasteiger partial charge in [-0.1, -0.05) is 6.07 Å². The highest BCUT2D eigenvalue weighted by atomic mass is 32.2. The van der Waals surface area contributed by atoms with Crippen molar-refractivity contribution in [1.29, 1.82) is 0 Å². The van der Waals surface area contributed by atoms with Gasteiger partial charge < -0.3 is 19.3 Å². The van der Waals surface area contributed by atoms with Crippen LogP contribution in [0.15, 0.2) is 77.3 Å². The van der Waals surface area contributed by atoms with Crippen LogP contribution < -0.4 is 18.5 Å². The van der Waals surface area contributed by atoms with Crippen LogP contribution in [-0.4, -0.2) is 44.8 Å². The number of benzene rings is 3. The van der Waals surface area contributed by atoms with E-state index < -0.39 is 15.8 Å². The highest BCUT2D eigenvalue weighted by Crippen LogP contribution is 2.39. The number of halogens is 1. The predicted octanol–water partition coefficient (Wildman–Crippen LogP) is 5.62. The Morgan fingerprint density at radius 2 is 1.73 bits per heavy atom. The molecular formula is C28H24FN3O6S2. The molecule has 0 atom stereocenters. The van der Waals surface area contributed by atoms with Crippen molar-refractivity contribution < 1.29 is 32.1 Å². The summed E-state index contributed by atoms with van der Waals surface area (Å²) in [5, 5.41) is 13.3. The van der Waals surface area contributed by atoms with Crippen molar-refractivity contribution in [3.63, 3.8) is 0 Å². The first-order valence-electron chi connectivity index (χ1n) is 11.9. The summed E-state index contributed by atoms with van der Waals surface area (Å²) < 4.78 is 59.2. The molecule has 0 saturated carbocycles. The van der Waals surface area contributed by atoms with Gasteiger partial charge in [0.1, 0.15) is 28.8 Å². The summed E-state index contributed by atoms with van der Waals surface area (Å²) in [5.74, 6) is 0.578. The van der Waals surface area contributed by atoms with Gasteiger partial charge in [-0.15, -0.1) is 11.3 Å². The smallest absolute Gasteiger partial charge is 0.266 e. The van der Waals surface area contributed by atoms with E-state index in [0.29, 0.717) is 33.7 Å². The fraction of sp³-hybridized carbons (Fsp3) is 0.143. The standard InChI is InChI=1S/C28H24FN3O6S2/c1-36-19-6-4-17(25(13-19)37-2)16-32(28-30-10-11-39-28)40(34,35)20-7-9-21-23(14-20)24(33)15-31-27(21)22-8-5-18(29)12-26(22)38-3/h4-15,33H,16H2,1-3H3. The number of aromatic hydroxyl groups is 1. The normalized spacial score (nSPS) is 11.4. The van der Waals surface area contributed by atoms with Crippen LogP contribution in [0.3, 0.4) is 0 Å². The maximum Gasteiger partial charge on any atom is 0.266 e. The molecule has 40 heavy (non-hydrogen) atoms. The van der Waals surface area contributed by atoms with E-state index in [1.165, 1.54) is 79.7 Å². The van der Waals surface area contributed by atoms with Crippen LogP contribution in [0.1, 0.15) is 5.56 Å². The van der Waals surface area contributed by atoms with E-state index in [1.54, 1.807) is 29.6 Å². The minimum absolute atomic E-state index is 0.0680. The summed E-state index contributed by atoms with van der Waals surface area (Å²) in [4.78, 5) is 8.51. The Morgan fingerprint density at radius 3 is 2.42 bits per heavy atom. The molecule has 9 nitrogen and oxygen atoms in total. The fourth-order valence-electron chi connectivity index (χ4n) is 4.30. The lowest BCUT2D eigenvalue weighted by Crippen LogP contribution is -2.30. The van der Waals surface area contributed by atoms with Crippen LogP contribution in [0.5, 0.6) is 23.0 Å². The van der Waals surface area contributed by atoms with Gasteiger partial charge in [-0.2, -0.15) is 0 Å². The number of sulfonamides is 1. The molecule has 2 heterocycles. The summed E-state index contributed by atoms with van der Waals surface area (Å²) in [6.07, 6.45) is 2.74. The lowest BCUT2D eigenvalue weighted by atomic mass is 10.0. The van der Waals surface area contributed by atoms with E-state index in [2.05, 4.69) is 9.97 Å². The first-order valence-corrected chi connectivity index (χ1v) is 14.2. The van der Waals surface area contributed by atoms with Crippen molar-refractivity contribution >= 4 is 37.3 Å². The molecule has 2 aromatic heterocycles. The highest BCUT2D eigenvalue weighted by Gasteiger charge is 2.29. The number of ether oxygens (including phenoxy) is 3. The van der Waals surface area contributed by atoms with E-state index in [0.717, 1.165) is 0 Å². The second kappa shape index (κ2) is 11.0. The molecule has 5 aromatic rings. The Bertz CT molecular complexity index is 1800. The molecule has 0 spiro atoms. The van der Waals surface area contributed by atoms with Gasteiger partial charge in [-0.25, -0.2) is 22.1 Å². The zero-order valence-corrected chi connectivity index (χ0v) is 23.3. The second-order valence-electron chi connectivity index (χ2n) is 8.55. The Kier molecular flexibility index (Phi) is 7.46. The lowest BCUT2D eigenvalue weighted by Gasteiger charge is -2.23. The van der Waals surface area contributed by atoms with Gasteiger partial charge >= 0.3 is 0 Å². The van der Waals surface area contributed by atoms with Gasteiger partial charge in [0.2, 0.25) is 0 Å². The van der Waals surface area contributed by atoms with Crippen LogP contribution in [0.25, 0.3) is 22.0 Å². The van der Waals surface area contributed by atoms with E-state index in [4.69, 9.17) is 14.2 Å². The van der Waals surface area contributed by atoms with Crippen molar-refractivity contribution in [3.05, 3.63) is 83.8 Å². The maximum absolute atomic E-state index is 14.1. The number of anilines is 1. The van der Waals surface area contributed by atoms with Crippen LogP contribution in [-0.2, 0) is 16.6 Å². The minimum atomic E-state index is -4.18. The molecule has 0 bridgehead atoms. The molecular weight excluding hydrogens is 557 g/mol. The van der Waals surface area contributed by atoms with Crippen LogP contribution >= 0.6 is 11.3 Å². The largest absolute Gasteiger partial charge is 0.506 e. The molecule has 12 heteroatoms. The van der Waals surface area contributed by atoms with Crippen LogP contribution in [0.4, 0.5) is 9.52 Å². The molecule has 0 aliphatic rings. The zero-order chi connectivity index (χ0) is 28.4. The van der Waals surface area contributed by atoms with Gasteiger partial charge in [-0.3, -0.25) is 4.98 Å². The van der Waals surface area contributed by atoms with Crippen molar-refractivity contribution in [2.75, 3.05) is 25.6 Å². The summed E-state index contributed by atoms with van der Waals surface area (Å²) in [6.45, 7) is -0.0680. The fourth-order valence-corrected chi connectivity index (χ4v) is 6.60. The quantitative estimate of drug-likeness (QED) is 0.239. The van der Waals surface area contributed by atoms with Gasteiger partial charge in [0.25, 0.3) is 10.0 Å². The number of aromatic nitrogens is 2. The summed E-state index contributed by atoms with van der Waals surface area (Å²) >= 11 is 1.17. The van der Waals surface area contributed by atoms with Gasteiger partial charge in [0.15, 0.2) is 5.13 Å². The van der Waals surface area contributed by atoms with Gasteiger partial charge in [-0.05, 0) is 36.4 Å². The van der Waals surface area contributed by atoms with Crippen molar-refractivity contribution in [2.24, 2.45) is 0 Å². The summed E-state index contributed by atoms with van der Waals surface area (Å²) in [7, 11) is 0.260. The molecule has 1 N–H and O–H groups in total. The molecule has 206 valence electrons. The Balaban J connectivity index is 1.62. The number of methoxy groups -OCH3 is 3. The Labute approximate surface area is 234 Å². The van der Waals surface area contributed by atoms with E-state index in [1.807, 2.05) is 0 Å². The van der Waals surface area contributed by atoms with Crippen molar-refractivity contribution in [2.45, 2.75) is 11.4 Å². The number of thiazole rings is 1. The predicted molar refractivity (Wildman–Crippen MR) is 150 cm³/mol. The first kappa shape index (κ1) is 27.2. The number of hydrogen-bond donors (Lipinski definition) is 1. The molecule has 3 aromatic carbocycles. The summed E-state index contributed by atoms with van der Waals surface area (Å²) in [6, 6.07) is 13.5. The molecule has 0 radical (unpaired) electrons. The second-order valence-corrected chi connectivity index (χ2v) is 11.3. The minimum Gasteiger partial charge on any atom is -0.506 e. The van der Waals surface area contributed by atoms with Crippen molar-refractivity contribution in [3.8, 4) is 34.3 Å². The van der Waals surface area contributed by atoms with Crippen LogP contribution in [0, 0.1) is 5.82 Å². The van der Waals surface area contributed by atoms with E-state index in [9.17, 15) is 17.9 Å². The number of nitrogens with zero attached hydrogens (tertiary/aromatic N) is 3. The third-order valence-corrected chi connectivity index (χ3v) is 8.93. The molecule has 0 amide bonds. The molecule has 0 aliphatic carbocycles. The van der Waals surface area contributed by atoms with Crippen molar-refractivity contribution in [1.82, 2.24) is 9.97 Å². The zero-order valence-electron chi connectivity index (χ0n) is 21.7. The third kappa shape index (κ3) is 4.98. The van der Waals surface area contributed by atoms with E-state index in [-0.39, 0.29) is 33.5 Å². The SMILES string of the molecule is COc1ccc(CN(c2nccs2)S(=O)(=O)c2ccc3c(-c4ccc(F)cc4OC)ncc(O)c3c2)c(OC)c1. The summed E-state index contributed by atoms with van der Waals surface area (Å²) in [5.41, 5.74) is 1.48. The molecule has 0 unspecified atom stereocenters. The molecule has 5 rings (SSSR count). The Morgan fingerprint density at radius 1 is 0.925 bits per heavy atom. The average molecular weight is 582 g/mol. The Hall–Kier alpha value is -4.42. The number of fused-ring (bicyclic) bond motifs is 1. The first-order chi connectivity index (χ1) is 19.3. The highest BCUT2D eigenvalue weighted by molar-refractivity contribution is 7.93. The monoisotopic (exact) mass is 581 g/mol. The molecule has 0 saturated heterocycles. The number of hydrogen-bond acceptors (Lipinski definition) is 9. The van der Waals surface area contributed by atoms with Gasteiger partial charge in [0, 0.05) is 45.6 Å². The number of rotatable bonds is 9. The average Bonchev–Trinajstić information content (AvgIpc) is 3.50. The molecule has 0 fully saturated rings. The third-order valence-electron chi connectivity index (χ3n) is 6.29. The molecule has 0 aliphatic heterocycles. The lowest BCUT2D eigenvalue weighted by molar-refractivity contribution is 0.391. The van der Waals surface area contributed by atoms with Crippen LogP contribution in [0.2, 0.25) is 0 Å². The number of pyridine rings is 1. The topological polar surface area (TPSA) is 111 Å². The van der Waals surface area contributed by atoms with Gasteiger partial charge in [0.05, 0.1) is 44.7 Å².